The molecule has 0 saturated carbocycles. The number of benzene rings is 2. The molecular formula is C18H17F2NO3S. The number of carbonyl (C=O) groups is 1. The highest BCUT2D eigenvalue weighted by molar-refractivity contribution is 8.00. The van der Waals surface area contributed by atoms with Gasteiger partial charge in [-0.05, 0) is 48.4 Å². The van der Waals surface area contributed by atoms with Crippen LogP contribution in [-0.4, -0.2) is 25.0 Å². The van der Waals surface area contributed by atoms with Crippen molar-refractivity contribution in [3.05, 3.63) is 59.2 Å². The van der Waals surface area contributed by atoms with E-state index in [0.29, 0.717) is 36.4 Å². The molecule has 0 bridgehead atoms. The molecule has 0 radical (unpaired) electrons. The van der Waals surface area contributed by atoms with E-state index >= 15 is 0 Å². The molecule has 7 heteroatoms. The van der Waals surface area contributed by atoms with Crippen LogP contribution in [0.1, 0.15) is 11.1 Å². The zero-order valence-corrected chi connectivity index (χ0v) is 14.2. The molecule has 0 spiro atoms. The Morgan fingerprint density at radius 2 is 1.96 bits per heavy atom. The van der Waals surface area contributed by atoms with Gasteiger partial charge in [-0.2, -0.15) is 0 Å². The molecule has 1 aliphatic rings. The smallest absolute Gasteiger partial charge is 0.230 e. The van der Waals surface area contributed by atoms with Crippen molar-refractivity contribution in [3.63, 3.8) is 0 Å². The minimum Gasteiger partial charge on any atom is -0.467 e. The Bertz CT molecular complexity index is 753. The number of nitrogens with one attached hydrogen (secondary N) is 1. The second-order valence-corrected chi connectivity index (χ2v) is 6.56. The zero-order valence-electron chi connectivity index (χ0n) is 13.4. The monoisotopic (exact) mass is 365 g/mol. The van der Waals surface area contributed by atoms with Gasteiger partial charge in [0.25, 0.3) is 0 Å². The molecule has 4 nitrogen and oxygen atoms in total. The third kappa shape index (κ3) is 4.93. The first-order valence-corrected chi connectivity index (χ1v) is 8.77. The molecule has 1 aliphatic heterocycles. The second-order valence-electron chi connectivity index (χ2n) is 5.51. The van der Waals surface area contributed by atoms with Crippen molar-refractivity contribution >= 4 is 17.7 Å². The molecule has 1 N–H and O–H groups in total. The highest BCUT2D eigenvalue weighted by Gasteiger charge is 2.16. The van der Waals surface area contributed by atoms with Crippen molar-refractivity contribution in [1.29, 1.82) is 0 Å². The Morgan fingerprint density at radius 1 is 1.16 bits per heavy atom. The molecule has 132 valence electrons. The van der Waals surface area contributed by atoms with E-state index < -0.39 is 0 Å². The Labute approximate surface area is 148 Å². The summed E-state index contributed by atoms with van der Waals surface area (Å²) in [6, 6.07) is 8.80. The SMILES string of the molecule is O=C(CSc1ccc(F)cc1)NCCc1cc(F)cc2c1OCOC2. The number of ether oxygens (including phenoxy) is 2. The van der Waals surface area contributed by atoms with Crippen LogP contribution in [0, 0.1) is 11.6 Å². The van der Waals surface area contributed by atoms with E-state index in [4.69, 9.17) is 9.47 Å². The Balaban J connectivity index is 1.48. The van der Waals surface area contributed by atoms with Gasteiger partial charge in [0, 0.05) is 17.0 Å². The van der Waals surface area contributed by atoms with Gasteiger partial charge in [0.2, 0.25) is 5.91 Å². The predicted molar refractivity (Wildman–Crippen MR) is 90.5 cm³/mol. The largest absolute Gasteiger partial charge is 0.467 e. The summed E-state index contributed by atoms with van der Waals surface area (Å²) in [6.07, 6.45) is 0.465. The van der Waals surface area contributed by atoms with Crippen LogP contribution in [0.25, 0.3) is 0 Å². The van der Waals surface area contributed by atoms with Gasteiger partial charge in [-0.1, -0.05) is 0 Å². The van der Waals surface area contributed by atoms with Gasteiger partial charge in [0.15, 0.2) is 6.79 Å². The Morgan fingerprint density at radius 3 is 2.76 bits per heavy atom. The van der Waals surface area contributed by atoms with Crippen LogP contribution in [0.2, 0.25) is 0 Å². The number of fused-ring (bicyclic) bond motifs is 1. The predicted octanol–water partition coefficient (Wildman–Crippen LogP) is 3.28. The first kappa shape index (κ1) is 17.7. The lowest BCUT2D eigenvalue weighted by molar-refractivity contribution is -0.118. The number of rotatable bonds is 6. The van der Waals surface area contributed by atoms with Crippen molar-refractivity contribution in [2.75, 3.05) is 19.1 Å². The van der Waals surface area contributed by atoms with Crippen molar-refractivity contribution in [2.24, 2.45) is 0 Å². The molecule has 3 rings (SSSR count). The van der Waals surface area contributed by atoms with Gasteiger partial charge in [-0.3, -0.25) is 4.79 Å². The maximum atomic E-state index is 13.6. The fraction of sp³-hybridized carbons (Fsp3) is 0.278. The van der Waals surface area contributed by atoms with E-state index in [0.717, 1.165) is 4.90 Å². The lowest BCUT2D eigenvalue weighted by atomic mass is 10.1. The molecule has 2 aromatic carbocycles. The molecule has 25 heavy (non-hydrogen) atoms. The first-order chi connectivity index (χ1) is 12.1. The molecule has 1 heterocycles. The van der Waals surface area contributed by atoms with Crippen LogP contribution >= 0.6 is 11.8 Å². The first-order valence-electron chi connectivity index (χ1n) is 7.79. The maximum absolute atomic E-state index is 13.6. The molecular weight excluding hydrogens is 348 g/mol. The third-order valence-electron chi connectivity index (χ3n) is 3.65. The molecule has 0 unspecified atom stereocenters. The highest BCUT2D eigenvalue weighted by Crippen LogP contribution is 2.29. The summed E-state index contributed by atoms with van der Waals surface area (Å²) in [4.78, 5) is 12.7. The van der Waals surface area contributed by atoms with Gasteiger partial charge in [-0.15, -0.1) is 11.8 Å². The number of hydrogen-bond acceptors (Lipinski definition) is 4. The van der Waals surface area contributed by atoms with Gasteiger partial charge < -0.3 is 14.8 Å². The standard InChI is InChI=1S/C18H17F2NO3S/c19-14-1-3-16(4-2-14)25-10-17(22)21-6-5-12-7-15(20)8-13-9-23-11-24-18(12)13/h1-4,7-8H,5-6,9-11H2,(H,21,22). The number of carbonyl (C=O) groups excluding carboxylic acids is 1. The van der Waals surface area contributed by atoms with Crippen LogP contribution in [0.4, 0.5) is 8.78 Å². The van der Waals surface area contributed by atoms with Gasteiger partial charge >= 0.3 is 0 Å². The molecule has 2 aromatic rings. The summed E-state index contributed by atoms with van der Waals surface area (Å²) >= 11 is 1.33. The van der Waals surface area contributed by atoms with Crippen molar-refractivity contribution in [3.8, 4) is 5.75 Å². The second kappa shape index (κ2) is 8.31. The van der Waals surface area contributed by atoms with Gasteiger partial charge in [-0.25, -0.2) is 8.78 Å². The summed E-state index contributed by atoms with van der Waals surface area (Å²) < 4.78 is 37.1. The van der Waals surface area contributed by atoms with Gasteiger partial charge in [0.05, 0.1) is 12.4 Å². The number of hydrogen-bond donors (Lipinski definition) is 1. The number of thioether (sulfide) groups is 1. The Hall–Kier alpha value is -2.12. The molecule has 0 fully saturated rings. The quantitative estimate of drug-likeness (QED) is 0.798. The highest BCUT2D eigenvalue weighted by atomic mass is 32.2. The van der Waals surface area contributed by atoms with Crippen LogP contribution in [0.5, 0.6) is 5.75 Å². The minimum atomic E-state index is -0.346. The van der Waals surface area contributed by atoms with E-state index in [1.54, 1.807) is 12.1 Å². The third-order valence-corrected chi connectivity index (χ3v) is 4.66. The summed E-state index contributed by atoms with van der Waals surface area (Å²) in [5.74, 6) is 0.0874. The lowest BCUT2D eigenvalue weighted by Gasteiger charge is -2.21. The van der Waals surface area contributed by atoms with Crippen molar-refractivity contribution in [1.82, 2.24) is 5.32 Å². The molecule has 0 aliphatic carbocycles. The van der Waals surface area contributed by atoms with Crippen LogP contribution in [-0.2, 0) is 22.6 Å². The van der Waals surface area contributed by atoms with Crippen LogP contribution < -0.4 is 10.1 Å². The summed E-state index contributed by atoms with van der Waals surface area (Å²) in [6.45, 7) is 0.843. The molecule has 0 saturated heterocycles. The Kier molecular flexibility index (Phi) is 5.88. The van der Waals surface area contributed by atoms with E-state index in [9.17, 15) is 13.6 Å². The minimum absolute atomic E-state index is 0.135. The fourth-order valence-electron chi connectivity index (χ4n) is 2.51. The summed E-state index contributed by atoms with van der Waals surface area (Å²) in [5.41, 5.74) is 1.39. The fourth-order valence-corrected chi connectivity index (χ4v) is 3.24. The van der Waals surface area contributed by atoms with Crippen LogP contribution in [0.3, 0.4) is 0 Å². The topological polar surface area (TPSA) is 47.6 Å². The normalized spacial score (nSPS) is 13.0. The van der Waals surface area contributed by atoms with E-state index in [1.165, 1.54) is 36.0 Å². The summed E-state index contributed by atoms with van der Waals surface area (Å²) in [5, 5.41) is 2.80. The van der Waals surface area contributed by atoms with Crippen LogP contribution in [0.15, 0.2) is 41.3 Å². The average molecular weight is 365 g/mol. The maximum Gasteiger partial charge on any atom is 0.230 e. The van der Waals surface area contributed by atoms with Crippen molar-refractivity contribution < 1.29 is 23.0 Å². The zero-order chi connectivity index (χ0) is 17.6. The molecule has 0 aromatic heterocycles. The lowest BCUT2D eigenvalue weighted by Crippen LogP contribution is -2.27. The number of halogens is 2. The average Bonchev–Trinajstić information content (AvgIpc) is 2.61. The molecule has 1 amide bonds. The van der Waals surface area contributed by atoms with E-state index in [-0.39, 0.29) is 30.1 Å². The summed E-state index contributed by atoms with van der Waals surface area (Å²) in [7, 11) is 0. The van der Waals surface area contributed by atoms with Gasteiger partial charge in [0.1, 0.15) is 17.4 Å². The van der Waals surface area contributed by atoms with E-state index in [2.05, 4.69) is 5.32 Å². The number of amides is 1. The molecule has 0 atom stereocenters. The van der Waals surface area contributed by atoms with E-state index in [1.807, 2.05) is 0 Å². The van der Waals surface area contributed by atoms with Crippen molar-refractivity contribution in [2.45, 2.75) is 17.9 Å².